The lowest BCUT2D eigenvalue weighted by Gasteiger charge is -2.30. The number of anilines is 3. The van der Waals surface area contributed by atoms with Gasteiger partial charge in [-0.15, -0.1) is 0 Å². The predicted molar refractivity (Wildman–Crippen MR) is 135 cm³/mol. The first-order valence-electron chi connectivity index (χ1n) is 11.9. The molecule has 0 unspecified atom stereocenters. The van der Waals surface area contributed by atoms with Crippen LogP contribution in [-0.2, 0) is 9.59 Å². The number of nitrogens with one attached hydrogen (secondary N) is 3. The van der Waals surface area contributed by atoms with E-state index in [2.05, 4.69) is 37.9 Å². The van der Waals surface area contributed by atoms with Crippen LogP contribution in [0.1, 0.15) is 19.3 Å². The Kier molecular flexibility index (Phi) is 7.07. The first-order valence-corrected chi connectivity index (χ1v) is 12.3. The Bertz CT molecular complexity index is 1370. The van der Waals surface area contributed by atoms with E-state index >= 15 is 0 Å². The maximum Gasteiger partial charge on any atom is 0.229 e. The van der Waals surface area contributed by atoms with Gasteiger partial charge in [0, 0.05) is 37.5 Å². The summed E-state index contributed by atoms with van der Waals surface area (Å²) >= 11 is 5.73. The smallest absolute Gasteiger partial charge is 0.229 e. The molecule has 9 nitrogen and oxygen atoms in total. The van der Waals surface area contributed by atoms with Crippen LogP contribution in [0, 0.1) is 17.6 Å². The number of ether oxygens (including phenoxy) is 1. The molecule has 3 heterocycles. The molecule has 194 valence electrons. The van der Waals surface area contributed by atoms with E-state index in [1.807, 2.05) is 0 Å². The van der Waals surface area contributed by atoms with Crippen LogP contribution in [0.15, 0.2) is 30.6 Å². The number of benzene rings is 2. The SMILES string of the molecule is CN1CCC(Oc2cc3ncnc(Nc4ccc(F)c(Cl)c4F)c3cc2NC(=O)[C@H]2CNC(=O)C2)CC1. The molecule has 2 aliphatic rings. The number of hydrogen-bond donors (Lipinski definition) is 3. The molecule has 0 bridgehead atoms. The second-order valence-corrected chi connectivity index (χ2v) is 9.63. The van der Waals surface area contributed by atoms with Crippen LogP contribution in [0.4, 0.5) is 26.0 Å². The summed E-state index contributed by atoms with van der Waals surface area (Å²) in [6, 6.07) is 5.61. The van der Waals surface area contributed by atoms with E-state index in [-0.39, 0.29) is 42.4 Å². The molecule has 2 saturated heterocycles. The van der Waals surface area contributed by atoms with Crippen LogP contribution >= 0.6 is 11.6 Å². The summed E-state index contributed by atoms with van der Waals surface area (Å²) in [7, 11) is 2.05. The number of carbonyl (C=O) groups excluding carboxylic acids is 2. The summed E-state index contributed by atoms with van der Waals surface area (Å²) in [4.78, 5) is 35.3. The van der Waals surface area contributed by atoms with Crippen molar-refractivity contribution in [2.45, 2.75) is 25.4 Å². The highest BCUT2D eigenvalue weighted by molar-refractivity contribution is 6.31. The minimum Gasteiger partial charge on any atom is -0.488 e. The van der Waals surface area contributed by atoms with E-state index in [1.165, 1.54) is 12.4 Å². The fourth-order valence-corrected chi connectivity index (χ4v) is 4.60. The van der Waals surface area contributed by atoms with Gasteiger partial charge >= 0.3 is 0 Å². The molecule has 0 aliphatic carbocycles. The van der Waals surface area contributed by atoms with Gasteiger partial charge in [0.25, 0.3) is 0 Å². The van der Waals surface area contributed by atoms with Crippen LogP contribution in [-0.4, -0.2) is 59.5 Å². The van der Waals surface area contributed by atoms with E-state index in [9.17, 15) is 18.4 Å². The van der Waals surface area contributed by atoms with E-state index in [0.717, 1.165) is 32.0 Å². The van der Waals surface area contributed by atoms with E-state index in [0.29, 0.717) is 22.3 Å². The van der Waals surface area contributed by atoms with Gasteiger partial charge in [-0.2, -0.15) is 0 Å². The molecular weight excluding hydrogens is 506 g/mol. The van der Waals surface area contributed by atoms with Gasteiger partial charge in [-0.05, 0) is 38.1 Å². The predicted octanol–water partition coefficient (Wildman–Crippen LogP) is 3.85. The zero-order valence-electron chi connectivity index (χ0n) is 20.0. The Morgan fingerprint density at radius 1 is 1.19 bits per heavy atom. The molecule has 1 aromatic heterocycles. The summed E-state index contributed by atoms with van der Waals surface area (Å²) in [5.41, 5.74) is 0.801. The lowest BCUT2D eigenvalue weighted by atomic mass is 10.1. The second-order valence-electron chi connectivity index (χ2n) is 9.25. The van der Waals surface area contributed by atoms with Crippen molar-refractivity contribution in [2.24, 2.45) is 5.92 Å². The number of carbonyl (C=O) groups is 2. The zero-order chi connectivity index (χ0) is 26.1. The molecule has 0 spiro atoms. The normalized spacial score (nSPS) is 18.6. The molecule has 1 atom stereocenters. The van der Waals surface area contributed by atoms with E-state index in [1.54, 1.807) is 12.1 Å². The number of nitrogens with zero attached hydrogens (tertiary/aromatic N) is 3. The minimum absolute atomic E-state index is 0.0473. The molecule has 3 aromatic rings. The summed E-state index contributed by atoms with van der Waals surface area (Å²) in [5.74, 6) is -2.19. The number of rotatable bonds is 6. The molecule has 2 aromatic carbocycles. The average Bonchev–Trinajstić information content (AvgIpc) is 3.33. The fourth-order valence-electron chi connectivity index (χ4n) is 4.44. The standard InChI is InChI=1S/C25H25ClF2N6O3/c1-34-6-4-14(5-7-34)37-20-10-18-15(9-19(20)33-25(36)13-8-21(35)29-11-13)24(31-12-30-18)32-17-3-2-16(27)22(26)23(17)28/h2-3,9-10,12-14H,4-8,11H2,1H3,(H,29,35)(H,33,36)(H,30,31,32)/t13-/m1/s1. The third kappa shape index (κ3) is 5.42. The molecule has 12 heteroatoms. The van der Waals surface area contributed by atoms with Crippen LogP contribution in [0.25, 0.3) is 10.9 Å². The molecule has 2 amide bonds. The van der Waals surface area contributed by atoms with Crippen LogP contribution < -0.4 is 20.7 Å². The van der Waals surface area contributed by atoms with Gasteiger partial charge in [0.1, 0.15) is 34.8 Å². The Morgan fingerprint density at radius 2 is 1.97 bits per heavy atom. The summed E-state index contributed by atoms with van der Waals surface area (Å²) < 4.78 is 34.5. The van der Waals surface area contributed by atoms with Crippen molar-refractivity contribution in [2.75, 3.05) is 37.3 Å². The summed E-state index contributed by atoms with van der Waals surface area (Å²) in [6.45, 7) is 2.03. The number of hydrogen-bond acceptors (Lipinski definition) is 7. The number of amides is 2. The van der Waals surface area contributed by atoms with Crippen molar-refractivity contribution in [3.8, 4) is 5.75 Å². The van der Waals surface area contributed by atoms with E-state index in [4.69, 9.17) is 16.3 Å². The summed E-state index contributed by atoms with van der Waals surface area (Å²) in [6.07, 6.45) is 3.01. The van der Waals surface area contributed by atoms with Crippen molar-refractivity contribution in [3.63, 3.8) is 0 Å². The Hall–Kier alpha value is -3.57. The second kappa shape index (κ2) is 10.4. The quantitative estimate of drug-likeness (QED) is 0.415. The van der Waals surface area contributed by atoms with Crippen molar-refractivity contribution in [3.05, 3.63) is 47.2 Å². The van der Waals surface area contributed by atoms with Gasteiger partial charge in [0.15, 0.2) is 5.82 Å². The molecular formula is C25H25ClF2N6O3. The van der Waals surface area contributed by atoms with E-state index < -0.39 is 22.6 Å². The molecule has 2 aliphatic heterocycles. The maximum absolute atomic E-state index is 14.6. The summed E-state index contributed by atoms with van der Waals surface area (Å²) in [5, 5.41) is 8.22. The van der Waals surface area contributed by atoms with Gasteiger partial charge in [-0.25, -0.2) is 18.7 Å². The Morgan fingerprint density at radius 3 is 2.70 bits per heavy atom. The fraction of sp³-hybridized carbons (Fsp3) is 0.360. The molecule has 2 fully saturated rings. The van der Waals surface area contributed by atoms with Gasteiger partial charge < -0.3 is 25.6 Å². The van der Waals surface area contributed by atoms with Crippen LogP contribution in [0.3, 0.4) is 0 Å². The van der Waals surface area contributed by atoms with Gasteiger partial charge in [0.05, 0.1) is 22.8 Å². The first kappa shape index (κ1) is 25.1. The van der Waals surface area contributed by atoms with Crippen LogP contribution in [0.2, 0.25) is 5.02 Å². The topological polar surface area (TPSA) is 108 Å². The third-order valence-electron chi connectivity index (χ3n) is 6.59. The number of fused-ring (bicyclic) bond motifs is 1. The lowest BCUT2D eigenvalue weighted by molar-refractivity contribution is -0.123. The molecule has 5 rings (SSSR count). The van der Waals surface area contributed by atoms with Crippen molar-refractivity contribution < 1.29 is 23.1 Å². The highest BCUT2D eigenvalue weighted by Crippen LogP contribution is 2.36. The molecule has 3 N–H and O–H groups in total. The largest absolute Gasteiger partial charge is 0.488 e. The Labute approximate surface area is 216 Å². The van der Waals surface area contributed by atoms with Crippen molar-refractivity contribution in [1.29, 1.82) is 0 Å². The number of aromatic nitrogens is 2. The number of piperidine rings is 1. The highest BCUT2D eigenvalue weighted by atomic mass is 35.5. The van der Waals surface area contributed by atoms with Crippen molar-refractivity contribution >= 4 is 51.5 Å². The zero-order valence-corrected chi connectivity index (χ0v) is 20.7. The molecule has 0 saturated carbocycles. The van der Waals surface area contributed by atoms with Gasteiger partial charge in [0.2, 0.25) is 11.8 Å². The maximum atomic E-state index is 14.6. The van der Waals surface area contributed by atoms with Gasteiger partial charge in [-0.1, -0.05) is 11.6 Å². The third-order valence-corrected chi connectivity index (χ3v) is 6.94. The van der Waals surface area contributed by atoms with Crippen molar-refractivity contribution in [1.82, 2.24) is 20.2 Å². The minimum atomic E-state index is -0.956. The molecule has 0 radical (unpaired) electrons. The van der Waals surface area contributed by atoms with Crippen LogP contribution in [0.5, 0.6) is 5.75 Å². The molecule has 37 heavy (non-hydrogen) atoms. The average molecular weight is 531 g/mol. The Balaban J connectivity index is 1.51. The highest BCUT2D eigenvalue weighted by Gasteiger charge is 2.29. The number of likely N-dealkylation sites (tertiary alicyclic amines) is 1. The number of halogens is 3. The first-order chi connectivity index (χ1) is 17.8. The van der Waals surface area contributed by atoms with Gasteiger partial charge in [-0.3, -0.25) is 9.59 Å². The monoisotopic (exact) mass is 530 g/mol. The lowest BCUT2D eigenvalue weighted by Crippen LogP contribution is -2.35.